The van der Waals surface area contributed by atoms with E-state index in [1.165, 1.54) is 0 Å². The number of urea groups is 1. The number of amides is 2. The number of hydrogen-bond donors (Lipinski definition) is 2. The number of rotatable bonds is 4. The Morgan fingerprint density at radius 2 is 1.95 bits per heavy atom. The second-order valence-electron chi connectivity index (χ2n) is 5.47. The second-order valence-corrected chi connectivity index (χ2v) is 5.47. The molecule has 1 aliphatic rings. The quantitative estimate of drug-likeness (QED) is 0.837. The first-order chi connectivity index (χ1) is 9.99. The maximum absolute atomic E-state index is 12.3. The lowest BCUT2D eigenvalue weighted by Crippen LogP contribution is -2.45. The number of carbonyl (C=O) groups excluding carboxylic acids is 2. The van der Waals surface area contributed by atoms with E-state index >= 15 is 0 Å². The molecule has 5 heteroatoms. The highest BCUT2D eigenvalue weighted by Gasteiger charge is 2.32. The minimum Gasteiger partial charge on any atom is -0.462 e. The van der Waals surface area contributed by atoms with Crippen molar-refractivity contribution in [3.05, 3.63) is 47.2 Å². The maximum Gasteiger partial charge on any atom is 0.338 e. The first-order valence-electron chi connectivity index (χ1n) is 6.99. The van der Waals surface area contributed by atoms with Crippen molar-refractivity contribution >= 4 is 12.0 Å². The van der Waals surface area contributed by atoms with Crippen LogP contribution in [-0.2, 0) is 9.53 Å². The van der Waals surface area contributed by atoms with Gasteiger partial charge in [-0.1, -0.05) is 44.2 Å². The molecule has 1 heterocycles. The lowest BCUT2D eigenvalue weighted by atomic mass is 9.96. The fraction of sp³-hybridized carbons (Fsp3) is 0.375. The first kappa shape index (κ1) is 15.1. The highest BCUT2D eigenvalue weighted by Crippen LogP contribution is 2.27. The fourth-order valence-corrected chi connectivity index (χ4v) is 2.18. The topological polar surface area (TPSA) is 67.4 Å². The van der Waals surface area contributed by atoms with Gasteiger partial charge in [0.05, 0.1) is 18.2 Å². The van der Waals surface area contributed by atoms with Crippen LogP contribution in [0, 0.1) is 5.92 Å². The van der Waals surface area contributed by atoms with Crippen LogP contribution in [0.25, 0.3) is 0 Å². The number of allylic oxidation sites excluding steroid dienone is 1. The molecule has 0 spiro atoms. The van der Waals surface area contributed by atoms with Gasteiger partial charge >= 0.3 is 12.0 Å². The van der Waals surface area contributed by atoms with Crippen molar-refractivity contribution in [2.75, 3.05) is 6.61 Å². The number of hydrogen-bond acceptors (Lipinski definition) is 3. The highest BCUT2D eigenvalue weighted by molar-refractivity contribution is 5.95. The van der Waals surface area contributed by atoms with E-state index in [-0.39, 0.29) is 11.9 Å². The summed E-state index contributed by atoms with van der Waals surface area (Å²) in [4.78, 5) is 24.0. The molecule has 2 rings (SSSR count). The van der Waals surface area contributed by atoms with E-state index in [1.807, 2.05) is 44.2 Å². The summed E-state index contributed by atoms with van der Waals surface area (Å²) in [5.74, 6) is -0.140. The molecule has 0 fully saturated rings. The van der Waals surface area contributed by atoms with Crippen LogP contribution in [0.15, 0.2) is 41.6 Å². The molecule has 0 bridgehead atoms. The largest absolute Gasteiger partial charge is 0.462 e. The van der Waals surface area contributed by atoms with E-state index in [9.17, 15) is 9.59 Å². The molecule has 1 atom stereocenters. The van der Waals surface area contributed by atoms with Crippen LogP contribution >= 0.6 is 0 Å². The summed E-state index contributed by atoms with van der Waals surface area (Å²) in [6.45, 7) is 6.01. The van der Waals surface area contributed by atoms with Gasteiger partial charge in [0.2, 0.25) is 0 Å². The van der Waals surface area contributed by atoms with Gasteiger partial charge in [-0.3, -0.25) is 0 Å². The number of esters is 1. The summed E-state index contributed by atoms with van der Waals surface area (Å²) in [6.07, 6.45) is 0. The Kier molecular flexibility index (Phi) is 4.62. The molecule has 5 nitrogen and oxygen atoms in total. The monoisotopic (exact) mass is 288 g/mol. The van der Waals surface area contributed by atoms with Crippen molar-refractivity contribution in [2.24, 2.45) is 5.92 Å². The average molecular weight is 288 g/mol. The van der Waals surface area contributed by atoms with Crippen molar-refractivity contribution in [3.63, 3.8) is 0 Å². The van der Waals surface area contributed by atoms with Crippen molar-refractivity contribution in [1.82, 2.24) is 10.6 Å². The van der Waals surface area contributed by atoms with Gasteiger partial charge in [0.15, 0.2) is 0 Å². The molecule has 1 unspecified atom stereocenters. The molecule has 2 N–H and O–H groups in total. The molecule has 0 radical (unpaired) electrons. The van der Waals surface area contributed by atoms with Gasteiger partial charge < -0.3 is 15.4 Å². The third-order valence-electron chi connectivity index (χ3n) is 3.17. The normalized spacial score (nSPS) is 18.3. The number of ether oxygens (including phenoxy) is 1. The van der Waals surface area contributed by atoms with Crippen LogP contribution in [0.3, 0.4) is 0 Å². The van der Waals surface area contributed by atoms with E-state index in [0.717, 1.165) is 5.56 Å². The molecule has 2 amide bonds. The Morgan fingerprint density at radius 1 is 1.29 bits per heavy atom. The van der Waals surface area contributed by atoms with Crippen LogP contribution in [0.1, 0.15) is 32.4 Å². The molecule has 0 aromatic heterocycles. The Bertz CT molecular complexity index is 564. The molecule has 0 saturated heterocycles. The van der Waals surface area contributed by atoms with Crippen LogP contribution in [0.2, 0.25) is 0 Å². The summed E-state index contributed by atoms with van der Waals surface area (Å²) in [7, 11) is 0. The molecule has 112 valence electrons. The number of carbonyl (C=O) groups is 2. The van der Waals surface area contributed by atoms with Gasteiger partial charge in [0.25, 0.3) is 0 Å². The molecular formula is C16H20N2O3. The Hall–Kier alpha value is -2.30. The standard InChI is InChI=1S/C16H20N2O3/c1-10(2)9-21-15(19)13-11(3)17-16(20)18-14(13)12-7-5-4-6-8-12/h4-8,10,14H,9H2,1-3H3,(H2,17,18,20). The smallest absolute Gasteiger partial charge is 0.338 e. The van der Waals surface area contributed by atoms with Crippen LogP contribution < -0.4 is 10.6 Å². The summed E-state index contributed by atoms with van der Waals surface area (Å²) < 4.78 is 5.31. The minimum absolute atomic E-state index is 0.260. The van der Waals surface area contributed by atoms with Crippen molar-refractivity contribution in [2.45, 2.75) is 26.8 Å². The third-order valence-corrected chi connectivity index (χ3v) is 3.17. The first-order valence-corrected chi connectivity index (χ1v) is 6.99. The van der Waals surface area contributed by atoms with Crippen molar-refractivity contribution in [3.8, 4) is 0 Å². The zero-order chi connectivity index (χ0) is 15.4. The van der Waals surface area contributed by atoms with E-state index in [2.05, 4.69) is 10.6 Å². The summed E-state index contributed by atoms with van der Waals surface area (Å²) >= 11 is 0. The predicted octanol–water partition coefficient (Wildman–Crippen LogP) is 2.51. The van der Waals surface area contributed by atoms with Crippen LogP contribution in [-0.4, -0.2) is 18.6 Å². The molecule has 1 aromatic rings. The van der Waals surface area contributed by atoms with E-state index in [0.29, 0.717) is 17.9 Å². The minimum atomic E-state index is -0.486. The Morgan fingerprint density at radius 3 is 2.57 bits per heavy atom. The summed E-state index contributed by atoms with van der Waals surface area (Å²) in [5, 5.41) is 5.40. The van der Waals surface area contributed by atoms with Gasteiger partial charge in [-0.05, 0) is 18.4 Å². The average Bonchev–Trinajstić information content (AvgIpc) is 2.45. The van der Waals surface area contributed by atoms with Gasteiger partial charge in [0, 0.05) is 5.70 Å². The van der Waals surface area contributed by atoms with Gasteiger partial charge in [-0.15, -0.1) is 0 Å². The summed E-state index contributed by atoms with van der Waals surface area (Å²) in [5.41, 5.74) is 1.83. The lowest BCUT2D eigenvalue weighted by Gasteiger charge is -2.28. The lowest BCUT2D eigenvalue weighted by molar-refractivity contribution is -0.140. The van der Waals surface area contributed by atoms with Gasteiger partial charge in [-0.2, -0.15) is 0 Å². The SMILES string of the molecule is CC1=C(C(=O)OCC(C)C)C(c2ccccc2)NC(=O)N1. The van der Waals surface area contributed by atoms with Crippen LogP contribution in [0.4, 0.5) is 4.79 Å². The van der Waals surface area contributed by atoms with Gasteiger partial charge in [-0.25, -0.2) is 9.59 Å². The molecule has 21 heavy (non-hydrogen) atoms. The number of nitrogens with one attached hydrogen (secondary N) is 2. The fourth-order valence-electron chi connectivity index (χ4n) is 2.18. The molecular weight excluding hydrogens is 268 g/mol. The second kappa shape index (κ2) is 6.43. The zero-order valence-electron chi connectivity index (χ0n) is 12.5. The third kappa shape index (κ3) is 3.62. The molecule has 1 aliphatic heterocycles. The van der Waals surface area contributed by atoms with Crippen molar-refractivity contribution in [1.29, 1.82) is 0 Å². The van der Waals surface area contributed by atoms with E-state index in [1.54, 1.807) is 6.92 Å². The Balaban J connectivity index is 2.30. The number of benzene rings is 1. The molecule has 0 aliphatic carbocycles. The van der Waals surface area contributed by atoms with Crippen molar-refractivity contribution < 1.29 is 14.3 Å². The Labute approximate surface area is 124 Å². The zero-order valence-corrected chi connectivity index (χ0v) is 12.5. The maximum atomic E-state index is 12.3. The van der Waals surface area contributed by atoms with E-state index in [4.69, 9.17) is 4.74 Å². The highest BCUT2D eigenvalue weighted by atomic mass is 16.5. The van der Waals surface area contributed by atoms with Crippen LogP contribution in [0.5, 0.6) is 0 Å². The predicted molar refractivity (Wildman–Crippen MR) is 79.3 cm³/mol. The molecule has 0 saturated carbocycles. The van der Waals surface area contributed by atoms with E-state index < -0.39 is 12.0 Å². The van der Waals surface area contributed by atoms with Gasteiger partial charge in [0.1, 0.15) is 0 Å². The molecule has 1 aromatic carbocycles. The summed E-state index contributed by atoms with van der Waals surface area (Å²) in [6, 6.07) is 8.57.